The number of benzene rings is 1. The fourth-order valence-electron chi connectivity index (χ4n) is 1.71. The van der Waals surface area contributed by atoms with Crippen LogP contribution < -0.4 is 4.74 Å². The van der Waals surface area contributed by atoms with Gasteiger partial charge in [0.2, 0.25) is 0 Å². The molecule has 1 heterocycles. The minimum absolute atomic E-state index is 0.864. The van der Waals surface area contributed by atoms with Crippen LogP contribution in [0.25, 0.3) is 5.69 Å². The highest BCUT2D eigenvalue weighted by Crippen LogP contribution is 2.16. The molecule has 0 saturated carbocycles. The highest BCUT2D eigenvalue weighted by atomic mass is 16.5. The average Bonchev–Trinajstić information content (AvgIpc) is 2.71. The zero-order valence-corrected chi connectivity index (χ0v) is 9.90. The topological polar surface area (TPSA) is 27.1 Å². The number of aryl methyl sites for hydroxylation is 2. The molecule has 2 aromatic rings. The van der Waals surface area contributed by atoms with Gasteiger partial charge in [0, 0.05) is 6.20 Å². The van der Waals surface area contributed by atoms with Crippen LogP contribution in [0.4, 0.5) is 0 Å². The van der Waals surface area contributed by atoms with Gasteiger partial charge in [-0.3, -0.25) is 0 Å². The van der Waals surface area contributed by atoms with Gasteiger partial charge in [0.1, 0.15) is 5.75 Å². The van der Waals surface area contributed by atoms with Crippen molar-refractivity contribution in [2.75, 3.05) is 7.11 Å². The zero-order chi connectivity index (χ0) is 11.5. The summed E-state index contributed by atoms with van der Waals surface area (Å²) in [4.78, 5) is 0. The maximum Gasteiger partial charge on any atom is 0.119 e. The van der Waals surface area contributed by atoms with E-state index in [2.05, 4.69) is 25.1 Å². The molecule has 0 aliphatic carbocycles. The van der Waals surface area contributed by atoms with E-state index in [-0.39, 0.29) is 0 Å². The molecule has 84 valence electrons. The summed E-state index contributed by atoms with van der Waals surface area (Å²) in [5, 5.41) is 4.53. The molecule has 0 saturated heterocycles. The van der Waals surface area contributed by atoms with Crippen molar-refractivity contribution in [3.05, 3.63) is 41.7 Å². The first-order valence-corrected chi connectivity index (χ1v) is 5.44. The van der Waals surface area contributed by atoms with Gasteiger partial charge in [0.25, 0.3) is 0 Å². The molecule has 0 atom stereocenters. The lowest BCUT2D eigenvalue weighted by atomic mass is 10.2. The number of aromatic nitrogens is 2. The van der Waals surface area contributed by atoms with Gasteiger partial charge in [-0.05, 0) is 43.2 Å². The Morgan fingerprint density at radius 3 is 2.44 bits per heavy atom. The highest BCUT2D eigenvalue weighted by Gasteiger charge is 2.04. The van der Waals surface area contributed by atoms with E-state index < -0.39 is 0 Å². The zero-order valence-electron chi connectivity index (χ0n) is 9.90. The quantitative estimate of drug-likeness (QED) is 0.788. The van der Waals surface area contributed by atoms with Gasteiger partial charge >= 0.3 is 0 Å². The first-order valence-electron chi connectivity index (χ1n) is 5.44. The Balaban J connectivity index is 2.34. The second kappa shape index (κ2) is 4.39. The van der Waals surface area contributed by atoms with Crippen molar-refractivity contribution in [2.45, 2.75) is 20.3 Å². The predicted molar refractivity (Wildman–Crippen MR) is 64.2 cm³/mol. The molecule has 2 rings (SSSR count). The lowest BCUT2D eigenvalue weighted by molar-refractivity contribution is 0.414. The number of hydrogen-bond acceptors (Lipinski definition) is 2. The summed E-state index contributed by atoms with van der Waals surface area (Å²) in [6.45, 7) is 4.21. The molecule has 0 fully saturated rings. The van der Waals surface area contributed by atoms with E-state index in [9.17, 15) is 0 Å². The molecule has 3 nitrogen and oxygen atoms in total. The lowest BCUT2D eigenvalue weighted by Crippen LogP contribution is -1.95. The fraction of sp³-hybridized carbons (Fsp3) is 0.308. The van der Waals surface area contributed by atoms with Gasteiger partial charge in [-0.1, -0.05) is 6.92 Å². The van der Waals surface area contributed by atoms with Crippen LogP contribution in [0, 0.1) is 6.92 Å². The normalized spacial score (nSPS) is 10.4. The molecule has 1 aromatic carbocycles. The van der Waals surface area contributed by atoms with Gasteiger partial charge in [-0.2, -0.15) is 5.10 Å². The SMILES string of the molecule is CCc1nn(-c2ccc(OC)cc2)cc1C. The van der Waals surface area contributed by atoms with E-state index in [1.807, 2.05) is 28.9 Å². The van der Waals surface area contributed by atoms with Crippen molar-refractivity contribution in [1.82, 2.24) is 9.78 Å². The molecular weight excluding hydrogens is 200 g/mol. The Morgan fingerprint density at radius 1 is 1.25 bits per heavy atom. The first-order chi connectivity index (χ1) is 7.74. The van der Waals surface area contributed by atoms with Gasteiger partial charge in [-0.15, -0.1) is 0 Å². The van der Waals surface area contributed by atoms with Crippen LogP contribution in [0.5, 0.6) is 5.75 Å². The molecule has 0 aliphatic rings. The van der Waals surface area contributed by atoms with Crippen LogP contribution in [-0.4, -0.2) is 16.9 Å². The van der Waals surface area contributed by atoms with Crippen LogP contribution in [0.1, 0.15) is 18.2 Å². The highest BCUT2D eigenvalue weighted by molar-refractivity contribution is 5.37. The molecule has 16 heavy (non-hydrogen) atoms. The van der Waals surface area contributed by atoms with Gasteiger partial charge in [0.05, 0.1) is 18.5 Å². The minimum Gasteiger partial charge on any atom is -0.497 e. The van der Waals surface area contributed by atoms with E-state index in [4.69, 9.17) is 4.74 Å². The maximum absolute atomic E-state index is 5.13. The number of methoxy groups -OCH3 is 1. The smallest absolute Gasteiger partial charge is 0.119 e. The molecule has 0 bridgehead atoms. The van der Waals surface area contributed by atoms with Crippen LogP contribution in [-0.2, 0) is 6.42 Å². The van der Waals surface area contributed by atoms with Crippen molar-refractivity contribution in [3.8, 4) is 11.4 Å². The Bertz CT molecular complexity index is 471. The summed E-state index contributed by atoms with van der Waals surface area (Å²) in [6, 6.07) is 7.89. The van der Waals surface area contributed by atoms with E-state index >= 15 is 0 Å². The predicted octanol–water partition coefficient (Wildman–Crippen LogP) is 2.75. The van der Waals surface area contributed by atoms with Crippen LogP contribution in [0.3, 0.4) is 0 Å². The molecular formula is C13H16N2O. The van der Waals surface area contributed by atoms with E-state index in [1.165, 1.54) is 5.56 Å². The summed E-state index contributed by atoms with van der Waals surface area (Å²) < 4.78 is 7.04. The van der Waals surface area contributed by atoms with E-state index in [1.54, 1.807) is 7.11 Å². The number of hydrogen-bond donors (Lipinski definition) is 0. The Kier molecular flexibility index (Phi) is 2.95. The van der Waals surface area contributed by atoms with Crippen molar-refractivity contribution >= 4 is 0 Å². The largest absolute Gasteiger partial charge is 0.497 e. The number of nitrogens with zero attached hydrogens (tertiary/aromatic N) is 2. The molecule has 0 radical (unpaired) electrons. The van der Waals surface area contributed by atoms with Gasteiger partial charge in [0.15, 0.2) is 0 Å². The van der Waals surface area contributed by atoms with Crippen LogP contribution >= 0.6 is 0 Å². The second-order valence-electron chi connectivity index (χ2n) is 3.75. The molecule has 1 aromatic heterocycles. The van der Waals surface area contributed by atoms with E-state index in [0.29, 0.717) is 0 Å². The third kappa shape index (κ3) is 1.94. The monoisotopic (exact) mass is 216 g/mol. The summed E-state index contributed by atoms with van der Waals surface area (Å²) in [7, 11) is 1.67. The van der Waals surface area contributed by atoms with Crippen LogP contribution in [0.2, 0.25) is 0 Å². The first kappa shape index (κ1) is 10.7. The molecule has 0 spiro atoms. The minimum atomic E-state index is 0.864. The molecule has 3 heteroatoms. The van der Waals surface area contributed by atoms with Crippen LogP contribution in [0.15, 0.2) is 30.5 Å². The second-order valence-corrected chi connectivity index (χ2v) is 3.75. The fourth-order valence-corrected chi connectivity index (χ4v) is 1.71. The number of ether oxygens (including phenoxy) is 1. The standard InChI is InChI=1S/C13H16N2O/c1-4-13-10(2)9-15(14-13)11-5-7-12(16-3)8-6-11/h5-9H,4H2,1-3H3. The summed E-state index contributed by atoms with van der Waals surface area (Å²) >= 11 is 0. The summed E-state index contributed by atoms with van der Waals surface area (Å²) in [5.74, 6) is 0.864. The van der Waals surface area contributed by atoms with Crippen molar-refractivity contribution in [3.63, 3.8) is 0 Å². The molecule has 0 aliphatic heterocycles. The van der Waals surface area contributed by atoms with Crippen molar-refractivity contribution in [1.29, 1.82) is 0 Å². The molecule has 0 N–H and O–H groups in total. The van der Waals surface area contributed by atoms with E-state index in [0.717, 1.165) is 23.6 Å². The molecule has 0 amide bonds. The van der Waals surface area contributed by atoms with Crippen molar-refractivity contribution < 1.29 is 4.74 Å². The lowest BCUT2D eigenvalue weighted by Gasteiger charge is -2.03. The Labute approximate surface area is 95.7 Å². The van der Waals surface area contributed by atoms with Gasteiger partial charge in [-0.25, -0.2) is 4.68 Å². The maximum atomic E-state index is 5.13. The van der Waals surface area contributed by atoms with Gasteiger partial charge < -0.3 is 4.74 Å². The number of rotatable bonds is 3. The third-order valence-electron chi connectivity index (χ3n) is 2.67. The van der Waals surface area contributed by atoms with Crippen molar-refractivity contribution in [2.24, 2.45) is 0 Å². The summed E-state index contributed by atoms with van der Waals surface area (Å²) in [5.41, 5.74) is 3.44. The summed E-state index contributed by atoms with van der Waals surface area (Å²) in [6.07, 6.45) is 3.02. The Morgan fingerprint density at radius 2 is 1.94 bits per heavy atom. The Hall–Kier alpha value is -1.77. The third-order valence-corrected chi connectivity index (χ3v) is 2.67. The average molecular weight is 216 g/mol. The molecule has 0 unspecified atom stereocenters.